The molecule has 0 spiro atoms. The third-order valence-corrected chi connectivity index (χ3v) is 6.54. The number of carbonyl (C=O) groups is 1. The highest BCUT2D eigenvalue weighted by Gasteiger charge is 2.32. The molecule has 2 aromatic carbocycles. The summed E-state index contributed by atoms with van der Waals surface area (Å²) in [6.45, 7) is 1.78. The molecule has 0 amide bonds. The molecule has 4 rings (SSSR count). The van der Waals surface area contributed by atoms with E-state index in [2.05, 4.69) is 4.99 Å². The van der Waals surface area contributed by atoms with Gasteiger partial charge in [-0.05, 0) is 30.7 Å². The molecule has 0 bridgehead atoms. The lowest BCUT2D eigenvalue weighted by Gasteiger charge is -2.02. The van der Waals surface area contributed by atoms with E-state index in [1.54, 1.807) is 13.0 Å². The number of halogens is 4. The number of thiophene rings is 1. The molecule has 0 aliphatic carbocycles. The first-order chi connectivity index (χ1) is 11.8. The van der Waals surface area contributed by atoms with Crippen LogP contribution in [0.3, 0.4) is 0 Å². The van der Waals surface area contributed by atoms with Crippen molar-refractivity contribution in [3.63, 3.8) is 0 Å². The van der Waals surface area contributed by atoms with Crippen LogP contribution in [0.25, 0.3) is 10.1 Å². The van der Waals surface area contributed by atoms with Crippen molar-refractivity contribution in [2.45, 2.75) is 6.92 Å². The van der Waals surface area contributed by atoms with Crippen LogP contribution < -0.4 is 0 Å². The van der Waals surface area contributed by atoms with E-state index in [4.69, 9.17) is 46.4 Å². The van der Waals surface area contributed by atoms with Gasteiger partial charge in [-0.2, -0.15) is 0 Å². The molecule has 0 atom stereocenters. The van der Waals surface area contributed by atoms with Gasteiger partial charge in [0.2, 0.25) is 5.78 Å². The van der Waals surface area contributed by atoms with Crippen LogP contribution in [0.4, 0.5) is 5.69 Å². The summed E-state index contributed by atoms with van der Waals surface area (Å²) in [4.78, 5) is 17.4. The monoisotopic (exact) mass is 429 g/mol. The van der Waals surface area contributed by atoms with Crippen LogP contribution in [0.1, 0.15) is 20.8 Å². The largest absolute Gasteiger partial charge is 0.506 e. The Labute approximate surface area is 166 Å². The Morgan fingerprint density at radius 3 is 2.48 bits per heavy atom. The topological polar surface area (TPSA) is 49.7 Å². The molecular weight excluding hydrogens is 424 g/mol. The van der Waals surface area contributed by atoms with E-state index in [-0.39, 0.29) is 22.3 Å². The maximum absolute atomic E-state index is 12.8. The Balaban J connectivity index is 1.98. The summed E-state index contributed by atoms with van der Waals surface area (Å²) in [5.41, 5.74) is 1.46. The summed E-state index contributed by atoms with van der Waals surface area (Å²) in [5.74, 6) is -0.412. The van der Waals surface area contributed by atoms with E-state index in [1.165, 1.54) is 23.5 Å². The molecule has 2 heterocycles. The number of aromatic hydroxyl groups is 1. The Morgan fingerprint density at radius 2 is 1.76 bits per heavy atom. The van der Waals surface area contributed by atoms with Crippen molar-refractivity contribution >= 4 is 85.0 Å². The molecule has 0 saturated carbocycles. The lowest BCUT2D eigenvalue weighted by atomic mass is 10.1. The first kappa shape index (κ1) is 17.1. The molecule has 0 unspecified atom stereocenters. The molecule has 1 aliphatic rings. The second-order valence-electron chi connectivity index (χ2n) is 5.52. The average molecular weight is 431 g/mol. The summed E-state index contributed by atoms with van der Waals surface area (Å²) in [6.07, 6.45) is 0. The number of aliphatic imine (C=N–C) groups is 1. The van der Waals surface area contributed by atoms with Gasteiger partial charge in [0.25, 0.3) is 0 Å². The molecule has 3 nitrogen and oxygen atoms in total. The minimum Gasteiger partial charge on any atom is -0.506 e. The Bertz CT molecular complexity index is 1130. The number of benzene rings is 2. The highest BCUT2D eigenvalue weighted by Crippen LogP contribution is 2.47. The van der Waals surface area contributed by atoms with E-state index < -0.39 is 0 Å². The van der Waals surface area contributed by atoms with Crippen LogP contribution in [0.15, 0.2) is 23.2 Å². The van der Waals surface area contributed by atoms with Gasteiger partial charge < -0.3 is 5.11 Å². The number of rotatable bonds is 1. The predicted molar refractivity (Wildman–Crippen MR) is 105 cm³/mol. The summed E-state index contributed by atoms with van der Waals surface area (Å²) < 4.78 is 0.645. The zero-order valence-electron chi connectivity index (χ0n) is 12.5. The smallest absolute Gasteiger partial charge is 0.215 e. The number of aryl methyl sites for hydroxylation is 1. The maximum Gasteiger partial charge on any atom is 0.215 e. The molecule has 0 saturated heterocycles. The molecule has 1 N–H and O–H groups in total. The first-order valence-electron chi connectivity index (χ1n) is 7.02. The van der Waals surface area contributed by atoms with Gasteiger partial charge in [0.05, 0.1) is 30.9 Å². The van der Waals surface area contributed by atoms with Gasteiger partial charge in [-0.1, -0.05) is 46.4 Å². The number of Topliss-reactive ketones (excluding diaryl/α,β-unsaturated/α-hetero) is 1. The lowest BCUT2D eigenvalue weighted by Crippen LogP contribution is -2.09. The van der Waals surface area contributed by atoms with Gasteiger partial charge in [-0.3, -0.25) is 4.79 Å². The zero-order chi connectivity index (χ0) is 18.0. The summed E-state index contributed by atoms with van der Waals surface area (Å²) in [5, 5.41) is 12.7. The van der Waals surface area contributed by atoms with Crippen molar-refractivity contribution < 1.29 is 9.90 Å². The first-order valence-corrected chi connectivity index (χ1v) is 9.35. The van der Waals surface area contributed by atoms with Gasteiger partial charge in [0, 0.05) is 15.4 Å². The minimum atomic E-state index is -0.346. The third kappa shape index (κ3) is 2.47. The van der Waals surface area contributed by atoms with Crippen molar-refractivity contribution in [3.8, 4) is 5.75 Å². The van der Waals surface area contributed by atoms with E-state index in [9.17, 15) is 9.90 Å². The van der Waals surface area contributed by atoms with E-state index in [1.807, 2.05) is 0 Å². The quantitative estimate of drug-likeness (QED) is 0.459. The molecule has 0 fully saturated rings. The number of fused-ring (bicyclic) bond motifs is 2. The van der Waals surface area contributed by atoms with Crippen LogP contribution in [-0.4, -0.2) is 16.6 Å². The molecule has 1 aliphatic heterocycles. The van der Waals surface area contributed by atoms with Gasteiger partial charge in [-0.15, -0.1) is 11.3 Å². The molecule has 3 aromatic rings. The van der Waals surface area contributed by atoms with E-state index in [0.717, 1.165) is 0 Å². The summed E-state index contributed by atoms with van der Waals surface area (Å²) >= 11 is 25.7. The van der Waals surface area contributed by atoms with Crippen molar-refractivity contribution in [3.05, 3.63) is 54.3 Å². The standard InChI is InChI=1S/C17H7Cl4NO2S/c1-5-8(19)4-10(21)16-11(5)15(24)17(25-16)13-14(23)7-2-6(18)3-9(20)12(7)22-13/h2-4,24H,1H3. The molecule has 8 heteroatoms. The van der Waals surface area contributed by atoms with E-state index in [0.29, 0.717) is 46.8 Å². The normalized spacial score (nSPS) is 13.5. The van der Waals surface area contributed by atoms with Crippen molar-refractivity contribution in [1.29, 1.82) is 0 Å². The fourth-order valence-corrected chi connectivity index (χ4v) is 5.06. The molecule has 126 valence electrons. The average Bonchev–Trinajstić information content (AvgIpc) is 3.04. The van der Waals surface area contributed by atoms with Gasteiger partial charge in [-0.25, -0.2) is 4.99 Å². The Hall–Kier alpha value is -1.30. The highest BCUT2D eigenvalue weighted by molar-refractivity contribution is 7.23. The second kappa shape index (κ2) is 5.86. The zero-order valence-corrected chi connectivity index (χ0v) is 16.3. The van der Waals surface area contributed by atoms with Gasteiger partial charge >= 0.3 is 0 Å². The Morgan fingerprint density at radius 1 is 1.04 bits per heavy atom. The van der Waals surface area contributed by atoms with Crippen molar-refractivity contribution in [2.75, 3.05) is 0 Å². The number of nitrogens with zero attached hydrogens (tertiary/aromatic N) is 1. The molecule has 1 aromatic heterocycles. The summed E-state index contributed by atoms with van der Waals surface area (Å²) in [7, 11) is 0. The lowest BCUT2D eigenvalue weighted by molar-refractivity contribution is 0.107. The van der Waals surface area contributed by atoms with Crippen LogP contribution in [0.2, 0.25) is 20.1 Å². The molecule has 25 heavy (non-hydrogen) atoms. The van der Waals surface area contributed by atoms with Gasteiger partial charge in [0.1, 0.15) is 11.5 Å². The number of ketones is 1. The van der Waals surface area contributed by atoms with Crippen molar-refractivity contribution in [2.24, 2.45) is 4.99 Å². The SMILES string of the molecule is Cc1c(Cl)cc(Cl)c2sc(C3=Nc4c(Cl)cc(Cl)cc4C3=O)c(O)c12. The third-order valence-electron chi connectivity index (χ3n) is 4.01. The Kier molecular flexibility index (Phi) is 4.02. The second-order valence-corrected chi connectivity index (χ2v) is 8.20. The minimum absolute atomic E-state index is 0.0657. The highest BCUT2D eigenvalue weighted by atomic mass is 35.5. The summed E-state index contributed by atoms with van der Waals surface area (Å²) in [6, 6.07) is 4.65. The molecule has 0 radical (unpaired) electrons. The number of hydrogen-bond acceptors (Lipinski definition) is 4. The number of hydrogen-bond donors (Lipinski definition) is 1. The fourth-order valence-electron chi connectivity index (χ4n) is 2.80. The number of carbonyl (C=O) groups excluding carboxylic acids is 1. The van der Waals surface area contributed by atoms with Crippen LogP contribution in [-0.2, 0) is 0 Å². The van der Waals surface area contributed by atoms with Crippen LogP contribution >= 0.6 is 57.7 Å². The van der Waals surface area contributed by atoms with Crippen molar-refractivity contribution in [1.82, 2.24) is 0 Å². The maximum atomic E-state index is 12.8. The van der Waals surface area contributed by atoms with Crippen LogP contribution in [0.5, 0.6) is 5.75 Å². The molecular formula is C17H7Cl4NO2S. The predicted octanol–water partition coefficient (Wildman–Crippen LogP) is 6.85. The van der Waals surface area contributed by atoms with Crippen LogP contribution in [0, 0.1) is 6.92 Å². The fraction of sp³-hybridized carbons (Fsp3) is 0.0588. The van der Waals surface area contributed by atoms with Gasteiger partial charge in [0.15, 0.2) is 0 Å². The van der Waals surface area contributed by atoms with E-state index >= 15 is 0 Å².